The molecule has 3 fully saturated rings. The Hall–Kier alpha value is -3.35. The summed E-state index contributed by atoms with van der Waals surface area (Å²) >= 11 is 0. The van der Waals surface area contributed by atoms with Crippen LogP contribution in [0.3, 0.4) is 0 Å². The lowest BCUT2D eigenvalue weighted by Gasteiger charge is -2.33. The van der Waals surface area contributed by atoms with Gasteiger partial charge >= 0.3 is 12.1 Å². The fourth-order valence-electron chi connectivity index (χ4n) is 6.75. The highest BCUT2D eigenvalue weighted by atomic mass is 16.5. The highest BCUT2D eigenvalue weighted by Crippen LogP contribution is 2.64. The van der Waals surface area contributed by atoms with E-state index in [0.717, 1.165) is 19.3 Å². The maximum absolute atomic E-state index is 13.3. The van der Waals surface area contributed by atoms with Crippen LogP contribution in [0.1, 0.15) is 49.1 Å². The molecule has 2 amide bonds. The Morgan fingerprint density at radius 3 is 2.40 bits per heavy atom. The molecule has 2 saturated carbocycles. The van der Waals surface area contributed by atoms with Crippen molar-refractivity contribution >= 4 is 18.0 Å². The number of piperidine rings is 1. The number of carboxylic acids is 1. The molecule has 1 saturated heterocycles. The van der Waals surface area contributed by atoms with E-state index in [4.69, 9.17) is 4.74 Å². The summed E-state index contributed by atoms with van der Waals surface area (Å²) in [6.07, 6.45) is 3.13. The molecule has 6 rings (SSSR count). The smallest absolute Gasteiger partial charge is 0.407 e. The van der Waals surface area contributed by atoms with Crippen molar-refractivity contribution in [2.75, 3.05) is 19.7 Å². The summed E-state index contributed by atoms with van der Waals surface area (Å²) < 4.78 is 5.69. The molecule has 182 valence electrons. The standard InChI is InChI=1S/C28H30N2O5/c31-25(32)17-6-5-11-30(15-17)26(33)28-13-18(28)12-19(14-28)29-27(34)35-16-24-22-9-3-1-7-20(22)21-8-2-4-10-23(21)24/h1-4,7-10,17-19,24H,5-6,11-16H2,(H,29,34)(H,31,32)/t17?,18-,19+,28+/m0/s1. The van der Waals surface area contributed by atoms with E-state index in [0.29, 0.717) is 25.9 Å². The lowest BCUT2D eigenvalue weighted by Crippen LogP contribution is -2.46. The number of carbonyl (C=O) groups excluding carboxylic acids is 2. The second-order valence-electron chi connectivity index (χ2n) is 10.6. The summed E-state index contributed by atoms with van der Waals surface area (Å²) in [5, 5.41) is 12.4. The molecule has 2 N–H and O–H groups in total. The Labute approximate surface area is 204 Å². The number of amides is 2. The van der Waals surface area contributed by atoms with E-state index in [2.05, 4.69) is 29.6 Å². The predicted molar refractivity (Wildman–Crippen MR) is 129 cm³/mol. The van der Waals surface area contributed by atoms with Gasteiger partial charge in [0, 0.05) is 25.0 Å². The molecule has 2 aromatic carbocycles. The molecule has 1 aliphatic heterocycles. The van der Waals surface area contributed by atoms with Crippen molar-refractivity contribution in [2.24, 2.45) is 17.3 Å². The van der Waals surface area contributed by atoms with Gasteiger partial charge in [0.1, 0.15) is 6.61 Å². The van der Waals surface area contributed by atoms with Crippen molar-refractivity contribution in [3.63, 3.8) is 0 Å². The minimum Gasteiger partial charge on any atom is -0.481 e. The van der Waals surface area contributed by atoms with Crippen molar-refractivity contribution in [3.05, 3.63) is 59.7 Å². The van der Waals surface area contributed by atoms with E-state index in [1.54, 1.807) is 4.90 Å². The molecule has 0 bridgehead atoms. The Kier molecular flexibility index (Phi) is 5.31. The predicted octanol–water partition coefficient (Wildman–Crippen LogP) is 4.02. The summed E-state index contributed by atoms with van der Waals surface area (Å²) in [6, 6.07) is 16.4. The molecule has 1 heterocycles. The van der Waals surface area contributed by atoms with E-state index in [-0.39, 0.29) is 30.4 Å². The van der Waals surface area contributed by atoms with Crippen molar-refractivity contribution in [2.45, 2.75) is 44.1 Å². The lowest BCUT2D eigenvalue weighted by atomic mass is 9.94. The summed E-state index contributed by atoms with van der Waals surface area (Å²) in [7, 11) is 0. The fourth-order valence-corrected chi connectivity index (χ4v) is 6.75. The molecule has 0 spiro atoms. The average molecular weight is 475 g/mol. The van der Waals surface area contributed by atoms with Gasteiger partial charge in [-0.3, -0.25) is 9.59 Å². The monoisotopic (exact) mass is 474 g/mol. The quantitative estimate of drug-likeness (QED) is 0.683. The number of aliphatic carboxylic acids is 1. The van der Waals surface area contributed by atoms with Crippen LogP contribution >= 0.6 is 0 Å². The van der Waals surface area contributed by atoms with Crippen molar-refractivity contribution in [1.29, 1.82) is 0 Å². The third kappa shape index (κ3) is 3.77. The van der Waals surface area contributed by atoms with Crippen LogP contribution in [0.15, 0.2) is 48.5 Å². The third-order valence-corrected chi connectivity index (χ3v) is 8.56. The molecule has 3 aliphatic carbocycles. The van der Waals surface area contributed by atoms with Gasteiger partial charge in [0.05, 0.1) is 11.3 Å². The van der Waals surface area contributed by atoms with Crippen LogP contribution in [0.5, 0.6) is 0 Å². The van der Waals surface area contributed by atoms with Crippen molar-refractivity contribution < 1.29 is 24.2 Å². The Bertz CT molecular complexity index is 1150. The average Bonchev–Trinajstić information content (AvgIpc) is 3.30. The van der Waals surface area contributed by atoms with E-state index in [1.165, 1.54) is 22.3 Å². The van der Waals surface area contributed by atoms with Gasteiger partial charge < -0.3 is 20.1 Å². The molecular weight excluding hydrogens is 444 g/mol. The SMILES string of the molecule is O=C(N[C@@H]1C[C@H]2C[C@@]2(C(=O)N2CCCC(C(=O)O)C2)C1)OCC1c2ccccc2-c2ccccc21. The number of nitrogens with zero attached hydrogens (tertiary/aromatic N) is 1. The zero-order valence-electron chi connectivity index (χ0n) is 19.6. The first-order chi connectivity index (χ1) is 17.0. The number of benzene rings is 2. The molecule has 4 atom stereocenters. The summed E-state index contributed by atoms with van der Waals surface area (Å²) in [5.41, 5.74) is 4.30. The molecule has 7 nitrogen and oxygen atoms in total. The van der Waals surface area contributed by atoms with Gasteiger partial charge in [-0.25, -0.2) is 4.79 Å². The highest BCUT2D eigenvalue weighted by molar-refractivity contribution is 5.87. The van der Waals surface area contributed by atoms with Crippen LogP contribution in [0.4, 0.5) is 4.79 Å². The molecule has 35 heavy (non-hydrogen) atoms. The Morgan fingerprint density at radius 2 is 1.71 bits per heavy atom. The minimum atomic E-state index is -0.825. The van der Waals surface area contributed by atoms with Crippen LogP contribution in [-0.2, 0) is 14.3 Å². The molecule has 0 aromatic heterocycles. The summed E-state index contributed by atoms with van der Waals surface area (Å²) in [5.74, 6) is -0.949. The Morgan fingerprint density at radius 1 is 1.03 bits per heavy atom. The number of carbonyl (C=O) groups is 3. The van der Waals surface area contributed by atoms with Gasteiger partial charge in [-0.15, -0.1) is 0 Å². The van der Waals surface area contributed by atoms with Crippen molar-refractivity contribution in [1.82, 2.24) is 10.2 Å². The Balaban J connectivity index is 1.06. The zero-order chi connectivity index (χ0) is 24.2. The van der Waals surface area contributed by atoms with Gasteiger partial charge in [-0.1, -0.05) is 48.5 Å². The lowest BCUT2D eigenvalue weighted by molar-refractivity contribution is -0.147. The second kappa shape index (κ2) is 8.40. The first kappa shape index (κ1) is 22.1. The number of ether oxygens (including phenoxy) is 1. The van der Waals surface area contributed by atoms with Crippen LogP contribution in [-0.4, -0.2) is 53.7 Å². The second-order valence-corrected chi connectivity index (χ2v) is 10.6. The number of hydrogen-bond donors (Lipinski definition) is 2. The van der Waals surface area contributed by atoms with Crippen LogP contribution in [0.2, 0.25) is 0 Å². The molecule has 1 unspecified atom stereocenters. The van der Waals surface area contributed by atoms with Crippen molar-refractivity contribution in [3.8, 4) is 11.1 Å². The molecule has 0 radical (unpaired) electrons. The summed E-state index contributed by atoms with van der Waals surface area (Å²) in [6.45, 7) is 1.19. The number of alkyl carbamates (subject to hydrolysis) is 1. The highest BCUT2D eigenvalue weighted by Gasteiger charge is 2.66. The van der Waals surface area contributed by atoms with Gasteiger partial charge in [-0.2, -0.15) is 0 Å². The molecule has 2 aromatic rings. The normalized spacial score (nSPS) is 28.6. The first-order valence-electron chi connectivity index (χ1n) is 12.6. The van der Waals surface area contributed by atoms with Gasteiger partial charge in [0.15, 0.2) is 0 Å². The maximum atomic E-state index is 13.3. The largest absolute Gasteiger partial charge is 0.481 e. The number of carboxylic acid groups (broad SMARTS) is 1. The fraction of sp³-hybridized carbons (Fsp3) is 0.464. The molecule has 7 heteroatoms. The zero-order valence-corrected chi connectivity index (χ0v) is 19.6. The van der Waals surface area contributed by atoms with E-state index in [1.807, 2.05) is 24.3 Å². The van der Waals surface area contributed by atoms with E-state index in [9.17, 15) is 19.5 Å². The maximum Gasteiger partial charge on any atom is 0.407 e. The third-order valence-electron chi connectivity index (χ3n) is 8.56. The minimum absolute atomic E-state index is 0.0133. The van der Waals surface area contributed by atoms with E-state index < -0.39 is 23.4 Å². The summed E-state index contributed by atoms with van der Waals surface area (Å²) in [4.78, 5) is 39.1. The van der Waals surface area contributed by atoms with E-state index >= 15 is 0 Å². The number of likely N-dealkylation sites (tertiary alicyclic amines) is 1. The van der Waals surface area contributed by atoms with Gasteiger partial charge in [0.25, 0.3) is 0 Å². The number of hydrogen-bond acceptors (Lipinski definition) is 4. The van der Waals surface area contributed by atoms with Crippen LogP contribution in [0.25, 0.3) is 11.1 Å². The van der Waals surface area contributed by atoms with Crippen LogP contribution < -0.4 is 5.32 Å². The number of rotatable bonds is 5. The topological polar surface area (TPSA) is 95.9 Å². The number of nitrogens with one attached hydrogen (secondary N) is 1. The first-order valence-corrected chi connectivity index (χ1v) is 12.6. The van der Waals surface area contributed by atoms with Gasteiger partial charge in [-0.05, 0) is 60.3 Å². The molecular formula is C28H30N2O5. The van der Waals surface area contributed by atoms with Crippen LogP contribution in [0, 0.1) is 17.3 Å². The number of fused-ring (bicyclic) bond motifs is 4. The van der Waals surface area contributed by atoms with Gasteiger partial charge in [0.2, 0.25) is 5.91 Å². The molecule has 4 aliphatic rings.